The van der Waals surface area contributed by atoms with Gasteiger partial charge in [-0.3, -0.25) is 9.20 Å². The number of hydrogen-bond donors (Lipinski definition) is 1. The van der Waals surface area contributed by atoms with E-state index in [0.29, 0.717) is 18.9 Å². The van der Waals surface area contributed by atoms with Crippen LogP contribution < -0.4 is 11.1 Å². The van der Waals surface area contributed by atoms with Crippen LogP contribution in [0, 0.1) is 5.82 Å². The average molecular weight is 473 g/mol. The first-order valence-corrected chi connectivity index (χ1v) is 11.6. The first kappa shape index (κ1) is 23.7. The normalized spacial score (nSPS) is 17.8. The minimum Gasteiger partial charge on any atom is -0.381 e. The standard InChI is InChI=1S/C25H27ClFN3O2.H3N/c1-25(2)15-29(22(31)13-26)20-12-18(11-16-3-5-19(27)6-4-16)21-14-28-24(30(21)23(20)25)17-7-9-32-10-8-17;/h3-6,12,14,17H,7-11,13,15H2,1-2H3;1H3. The van der Waals surface area contributed by atoms with E-state index in [2.05, 4.69) is 24.3 Å². The summed E-state index contributed by atoms with van der Waals surface area (Å²) in [5.41, 5.74) is 4.87. The van der Waals surface area contributed by atoms with Gasteiger partial charge in [-0.2, -0.15) is 0 Å². The Kier molecular flexibility index (Phi) is 6.49. The van der Waals surface area contributed by atoms with Gasteiger partial charge in [-0.25, -0.2) is 9.37 Å². The van der Waals surface area contributed by atoms with Gasteiger partial charge in [-0.05, 0) is 48.6 Å². The number of amides is 1. The Bertz CT molecular complexity index is 1170. The third-order valence-corrected chi connectivity index (χ3v) is 6.92. The molecule has 0 saturated carbocycles. The van der Waals surface area contributed by atoms with E-state index in [9.17, 15) is 9.18 Å². The van der Waals surface area contributed by atoms with Crippen molar-refractivity contribution in [3.8, 4) is 0 Å². The Balaban J connectivity index is 0.00000259. The van der Waals surface area contributed by atoms with Crippen molar-refractivity contribution in [1.82, 2.24) is 15.5 Å². The fraction of sp³-hybridized carbons (Fsp3) is 0.440. The van der Waals surface area contributed by atoms with Gasteiger partial charge in [-0.15, -0.1) is 11.6 Å². The Labute approximate surface area is 198 Å². The number of anilines is 1. The molecule has 33 heavy (non-hydrogen) atoms. The van der Waals surface area contributed by atoms with Gasteiger partial charge in [0.05, 0.1) is 23.1 Å². The van der Waals surface area contributed by atoms with Gasteiger partial charge in [0.1, 0.15) is 17.5 Å². The molecular formula is C25H30ClFN4O2. The van der Waals surface area contributed by atoms with Crippen LogP contribution in [0.5, 0.6) is 0 Å². The van der Waals surface area contributed by atoms with E-state index < -0.39 is 0 Å². The number of ether oxygens (including phenoxy) is 1. The molecule has 1 saturated heterocycles. The molecule has 4 heterocycles. The van der Waals surface area contributed by atoms with Gasteiger partial charge >= 0.3 is 0 Å². The number of benzene rings is 1. The fourth-order valence-corrected chi connectivity index (χ4v) is 5.31. The molecule has 0 radical (unpaired) electrons. The summed E-state index contributed by atoms with van der Waals surface area (Å²) in [7, 11) is 0. The number of alkyl halides is 1. The number of pyridine rings is 1. The summed E-state index contributed by atoms with van der Waals surface area (Å²) in [6.07, 6.45) is 4.44. The number of carbonyl (C=O) groups excluding carboxylic acids is 1. The van der Waals surface area contributed by atoms with Crippen molar-refractivity contribution < 1.29 is 13.9 Å². The van der Waals surface area contributed by atoms with Gasteiger partial charge in [0.2, 0.25) is 5.91 Å². The highest BCUT2D eigenvalue weighted by Gasteiger charge is 2.41. The molecule has 3 aromatic rings. The number of rotatable bonds is 4. The summed E-state index contributed by atoms with van der Waals surface area (Å²) in [6, 6.07) is 8.68. The Morgan fingerprint density at radius 1 is 1.24 bits per heavy atom. The molecule has 0 bridgehead atoms. The monoisotopic (exact) mass is 472 g/mol. The summed E-state index contributed by atoms with van der Waals surface area (Å²) in [5, 5.41) is 0. The summed E-state index contributed by atoms with van der Waals surface area (Å²) in [4.78, 5) is 19.4. The van der Waals surface area contributed by atoms with Crippen LogP contribution in [0.1, 0.15) is 55.3 Å². The molecule has 3 N–H and O–H groups in total. The van der Waals surface area contributed by atoms with Crippen LogP contribution in [-0.2, 0) is 21.4 Å². The zero-order chi connectivity index (χ0) is 22.5. The first-order valence-electron chi connectivity index (χ1n) is 11.1. The van der Waals surface area contributed by atoms with Gasteiger partial charge in [0.15, 0.2) is 0 Å². The van der Waals surface area contributed by atoms with E-state index in [0.717, 1.165) is 59.9 Å². The molecule has 0 unspecified atom stereocenters. The van der Waals surface area contributed by atoms with Crippen LogP contribution in [0.2, 0.25) is 0 Å². The van der Waals surface area contributed by atoms with Crippen LogP contribution in [0.4, 0.5) is 10.1 Å². The summed E-state index contributed by atoms with van der Waals surface area (Å²) >= 11 is 5.97. The molecule has 176 valence electrons. The molecule has 2 aromatic heterocycles. The van der Waals surface area contributed by atoms with E-state index in [1.165, 1.54) is 12.1 Å². The largest absolute Gasteiger partial charge is 0.381 e. The van der Waals surface area contributed by atoms with Crippen molar-refractivity contribution >= 4 is 28.7 Å². The van der Waals surface area contributed by atoms with Crippen LogP contribution in [0.3, 0.4) is 0 Å². The van der Waals surface area contributed by atoms with Crippen molar-refractivity contribution in [3.05, 3.63) is 65.0 Å². The summed E-state index contributed by atoms with van der Waals surface area (Å²) in [5.74, 6) is 0.939. The van der Waals surface area contributed by atoms with Crippen molar-refractivity contribution in [2.24, 2.45) is 0 Å². The molecular weight excluding hydrogens is 443 g/mol. The minimum absolute atomic E-state index is 0. The Hall–Kier alpha value is -2.48. The molecule has 2 aliphatic heterocycles. The third kappa shape index (κ3) is 4.14. The van der Waals surface area contributed by atoms with Crippen LogP contribution in [0.25, 0.3) is 5.52 Å². The number of carbonyl (C=O) groups is 1. The highest BCUT2D eigenvalue weighted by atomic mass is 35.5. The molecule has 5 rings (SSSR count). The second-order valence-electron chi connectivity index (χ2n) is 9.43. The number of aromatic nitrogens is 2. The lowest BCUT2D eigenvalue weighted by Gasteiger charge is -2.25. The summed E-state index contributed by atoms with van der Waals surface area (Å²) in [6.45, 7) is 6.38. The molecule has 0 aliphatic carbocycles. The quantitative estimate of drug-likeness (QED) is 0.543. The molecule has 2 aliphatic rings. The van der Waals surface area contributed by atoms with E-state index in [1.807, 2.05) is 11.1 Å². The first-order chi connectivity index (χ1) is 15.4. The number of fused-ring (bicyclic) bond motifs is 3. The fourth-order valence-electron chi connectivity index (χ4n) is 5.16. The van der Waals surface area contributed by atoms with Crippen molar-refractivity contribution in [2.75, 3.05) is 30.5 Å². The zero-order valence-electron chi connectivity index (χ0n) is 19.1. The molecule has 6 nitrogen and oxygen atoms in total. The van der Waals surface area contributed by atoms with E-state index >= 15 is 0 Å². The SMILES string of the molecule is CC1(C)CN(C(=O)CCl)c2cc(Cc3ccc(F)cc3)c3cnc(C4CCOCC4)n3c21.N. The van der Waals surface area contributed by atoms with Crippen molar-refractivity contribution in [1.29, 1.82) is 0 Å². The summed E-state index contributed by atoms with van der Waals surface area (Å²) < 4.78 is 21.3. The van der Waals surface area contributed by atoms with E-state index in [4.69, 9.17) is 21.3 Å². The van der Waals surface area contributed by atoms with E-state index in [1.54, 1.807) is 12.1 Å². The molecule has 1 fully saturated rings. The maximum Gasteiger partial charge on any atom is 0.241 e. The van der Waals surface area contributed by atoms with Crippen molar-refractivity contribution in [2.45, 2.75) is 44.4 Å². The molecule has 1 amide bonds. The predicted molar refractivity (Wildman–Crippen MR) is 128 cm³/mol. The highest BCUT2D eigenvalue weighted by molar-refractivity contribution is 6.29. The lowest BCUT2D eigenvalue weighted by atomic mass is 9.89. The molecule has 8 heteroatoms. The number of imidazole rings is 1. The third-order valence-electron chi connectivity index (χ3n) is 6.69. The zero-order valence-corrected chi connectivity index (χ0v) is 19.9. The van der Waals surface area contributed by atoms with E-state index in [-0.39, 0.29) is 29.2 Å². The molecule has 0 atom stereocenters. The topological polar surface area (TPSA) is 81.8 Å². The molecule has 0 spiro atoms. The second-order valence-corrected chi connectivity index (χ2v) is 9.70. The second kappa shape index (κ2) is 9.05. The Morgan fingerprint density at radius 2 is 1.94 bits per heavy atom. The van der Waals surface area contributed by atoms with Gasteiger partial charge in [0.25, 0.3) is 0 Å². The Morgan fingerprint density at radius 3 is 2.61 bits per heavy atom. The number of halogens is 2. The van der Waals surface area contributed by atoms with Crippen LogP contribution in [0.15, 0.2) is 36.5 Å². The lowest BCUT2D eigenvalue weighted by molar-refractivity contribution is -0.116. The minimum atomic E-state index is -0.250. The van der Waals surface area contributed by atoms with Gasteiger partial charge < -0.3 is 15.8 Å². The predicted octanol–water partition coefficient (Wildman–Crippen LogP) is 4.98. The van der Waals surface area contributed by atoms with Crippen LogP contribution in [-0.4, -0.2) is 40.9 Å². The molecule has 1 aromatic carbocycles. The van der Waals surface area contributed by atoms with Crippen LogP contribution >= 0.6 is 11.6 Å². The highest BCUT2D eigenvalue weighted by Crippen LogP contribution is 2.44. The smallest absolute Gasteiger partial charge is 0.241 e. The maximum atomic E-state index is 13.5. The van der Waals surface area contributed by atoms with Gasteiger partial charge in [0, 0.05) is 31.1 Å². The number of nitrogens with zero attached hydrogens (tertiary/aromatic N) is 3. The average Bonchev–Trinajstić information content (AvgIpc) is 3.34. The van der Waals surface area contributed by atoms with Gasteiger partial charge in [-0.1, -0.05) is 26.0 Å². The van der Waals surface area contributed by atoms with Crippen molar-refractivity contribution in [3.63, 3.8) is 0 Å². The maximum absolute atomic E-state index is 13.5. The number of hydrogen-bond acceptors (Lipinski definition) is 4. The lowest BCUT2D eigenvalue weighted by Crippen LogP contribution is -2.34.